The zero-order valence-corrected chi connectivity index (χ0v) is 18.2. The van der Waals surface area contributed by atoms with Gasteiger partial charge in [0.25, 0.3) is 0 Å². The minimum absolute atomic E-state index is 0. The topological polar surface area (TPSA) is 42.9 Å². The van der Waals surface area contributed by atoms with E-state index in [4.69, 9.17) is 4.99 Å². The summed E-state index contributed by atoms with van der Waals surface area (Å²) in [4.78, 5) is 9.91. The number of nitrogens with one attached hydrogen (secondary N) is 2. The van der Waals surface area contributed by atoms with Gasteiger partial charge in [-0.1, -0.05) is 6.42 Å². The van der Waals surface area contributed by atoms with Crippen molar-refractivity contribution in [3.63, 3.8) is 0 Å². The van der Waals surface area contributed by atoms with E-state index in [-0.39, 0.29) is 24.0 Å². The first-order valence-electron chi connectivity index (χ1n) is 9.71. The normalized spacial score (nSPS) is 19.5. The van der Waals surface area contributed by atoms with Gasteiger partial charge in [-0.3, -0.25) is 9.89 Å². The second-order valence-corrected chi connectivity index (χ2v) is 7.15. The number of hydrogen-bond donors (Lipinski definition) is 2. The third kappa shape index (κ3) is 8.34. The van der Waals surface area contributed by atoms with E-state index in [1.165, 1.54) is 45.2 Å². The molecule has 0 radical (unpaired) electrons. The molecule has 0 aromatic heterocycles. The van der Waals surface area contributed by atoms with Crippen LogP contribution in [0.3, 0.4) is 0 Å². The number of hydrogen-bond acceptors (Lipinski definition) is 3. The summed E-state index contributed by atoms with van der Waals surface area (Å²) in [6.45, 7) is 14.2. The van der Waals surface area contributed by atoms with Crippen LogP contribution < -0.4 is 10.6 Å². The molecule has 1 heterocycles. The van der Waals surface area contributed by atoms with Crippen molar-refractivity contribution in [1.29, 1.82) is 0 Å². The maximum atomic E-state index is 4.74. The van der Waals surface area contributed by atoms with E-state index in [2.05, 4.69) is 41.2 Å². The first-order valence-corrected chi connectivity index (χ1v) is 9.71. The van der Waals surface area contributed by atoms with E-state index in [0.29, 0.717) is 6.04 Å². The Kier molecular flexibility index (Phi) is 11.3. The van der Waals surface area contributed by atoms with Crippen molar-refractivity contribution >= 4 is 29.9 Å². The summed E-state index contributed by atoms with van der Waals surface area (Å²) in [6, 6.07) is 1.47. The van der Waals surface area contributed by atoms with Crippen LogP contribution in [0.1, 0.15) is 52.9 Å². The van der Waals surface area contributed by atoms with Crippen molar-refractivity contribution in [2.45, 2.75) is 65.0 Å². The third-order valence-corrected chi connectivity index (χ3v) is 4.82. The lowest BCUT2D eigenvalue weighted by atomic mass is 10.1. The molecule has 2 rings (SSSR count). The number of halogens is 1. The highest BCUT2D eigenvalue weighted by atomic mass is 127. The van der Waals surface area contributed by atoms with Crippen molar-refractivity contribution in [3.8, 4) is 0 Å². The SMILES string of the molecule is CCNC(=NCCN1CCCCC1)NCCN(C(C)C)C1CC1.I. The summed E-state index contributed by atoms with van der Waals surface area (Å²) >= 11 is 0. The van der Waals surface area contributed by atoms with Gasteiger partial charge in [-0.25, -0.2) is 0 Å². The quantitative estimate of drug-likeness (QED) is 0.321. The third-order valence-electron chi connectivity index (χ3n) is 4.82. The molecule has 0 unspecified atom stereocenters. The van der Waals surface area contributed by atoms with Crippen LogP contribution in [0.2, 0.25) is 0 Å². The van der Waals surface area contributed by atoms with Crippen LogP contribution in [0.25, 0.3) is 0 Å². The Morgan fingerprint density at radius 2 is 1.88 bits per heavy atom. The van der Waals surface area contributed by atoms with Crippen LogP contribution in [-0.2, 0) is 0 Å². The largest absolute Gasteiger partial charge is 0.357 e. The van der Waals surface area contributed by atoms with E-state index in [9.17, 15) is 0 Å². The van der Waals surface area contributed by atoms with Gasteiger partial charge in [0.05, 0.1) is 6.54 Å². The van der Waals surface area contributed by atoms with Crippen LogP contribution in [0.4, 0.5) is 0 Å². The van der Waals surface area contributed by atoms with Gasteiger partial charge >= 0.3 is 0 Å². The Bertz CT molecular complexity index is 349. The molecule has 24 heavy (non-hydrogen) atoms. The van der Waals surface area contributed by atoms with Crippen molar-refractivity contribution in [3.05, 3.63) is 0 Å². The number of rotatable bonds is 9. The Balaban J connectivity index is 0.00000288. The molecule has 1 saturated heterocycles. The second-order valence-electron chi connectivity index (χ2n) is 7.15. The van der Waals surface area contributed by atoms with Crippen molar-refractivity contribution in [2.75, 3.05) is 45.8 Å². The second kappa shape index (κ2) is 12.3. The van der Waals surface area contributed by atoms with Gasteiger partial charge in [-0.05, 0) is 59.5 Å². The number of aliphatic imine (C=N–C) groups is 1. The highest BCUT2D eigenvalue weighted by Crippen LogP contribution is 2.27. The van der Waals surface area contributed by atoms with Crippen molar-refractivity contribution in [2.24, 2.45) is 4.99 Å². The molecule has 6 heteroatoms. The molecule has 1 aliphatic carbocycles. The Labute approximate surface area is 166 Å². The van der Waals surface area contributed by atoms with E-state index < -0.39 is 0 Å². The molecule has 1 saturated carbocycles. The molecule has 0 spiro atoms. The van der Waals surface area contributed by atoms with Crippen LogP contribution in [0.5, 0.6) is 0 Å². The average Bonchev–Trinajstić information content (AvgIpc) is 3.37. The van der Waals surface area contributed by atoms with Crippen molar-refractivity contribution < 1.29 is 0 Å². The Hall–Kier alpha value is -0.0800. The predicted octanol–water partition coefficient (Wildman–Crippen LogP) is 2.52. The molecule has 1 aliphatic heterocycles. The first-order chi connectivity index (χ1) is 11.2. The molecule has 2 aliphatic rings. The highest BCUT2D eigenvalue weighted by Gasteiger charge is 2.30. The molecule has 0 amide bonds. The molecule has 0 bridgehead atoms. The predicted molar refractivity (Wildman–Crippen MR) is 115 cm³/mol. The van der Waals surface area contributed by atoms with E-state index >= 15 is 0 Å². The average molecular weight is 451 g/mol. The molecule has 0 aromatic rings. The number of likely N-dealkylation sites (tertiary alicyclic amines) is 1. The van der Waals surface area contributed by atoms with Crippen LogP contribution in [0.15, 0.2) is 4.99 Å². The van der Waals surface area contributed by atoms with Gasteiger partial charge in [0.15, 0.2) is 5.96 Å². The molecular formula is C18H38IN5. The minimum Gasteiger partial charge on any atom is -0.357 e. The number of nitrogens with zero attached hydrogens (tertiary/aromatic N) is 3. The minimum atomic E-state index is 0. The first kappa shape index (κ1) is 22.0. The molecule has 5 nitrogen and oxygen atoms in total. The standard InChI is InChI=1S/C18H37N5.HI/c1-4-19-18(20-10-14-22-12-6-5-7-13-22)21-11-15-23(16(2)3)17-8-9-17;/h16-17H,4-15H2,1-3H3,(H2,19,20,21);1H. The smallest absolute Gasteiger partial charge is 0.191 e. The summed E-state index contributed by atoms with van der Waals surface area (Å²) in [5.74, 6) is 0.976. The lowest BCUT2D eigenvalue weighted by Crippen LogP contribution is -2.44. The van der Waals surface area contributed by atoms with Crippen LogP contribution in [-0.4, -0.2) is 73.7 Å². The monoisotopic (exact) mass is 451 g/mol. The summed E-state index contributed by atoms with van der Waals surface area (Å²) in [5.41, 5.74) is 0. The van der Waals surface area contributed by atoms with E-state index in [1.54, 1.807) is 0 Å². The van der Waals surface area contributed by atoms with Gasteiger partial charge in [0.1, 0.15) is 0 Å². The van der Waals surface area contributed by atoms with Gasteiger partial charge in [0.2, 0.25) is 0 Å². The molecule has 0 aromatic carbocycles. The van der Waals surface area contributed by atoms with Crippen molar-refractivity contribution in [1.82, 2.24) is 20.4 Å². The summed E-state index contributed by atoms with van der Waals surface area (Å²) < 4.78 is 0. The molecule has 2 N–H and O–H groups in total. The molecule has 142 valence electrons. The maximum absolute atomic E-state index is 4.74. The summed E-state index contributed by atoms with van der Waals surface area (Å²) in [7, 11) is 0. The molecular weight excluding hydrogens is 413 g/mol. The van der Waals surface area contributed by atoms with Crippen LogP contribution >= 0.6 is 24.0 Å². The maximum Gasteiger partial charge on any atom is 0.191 e. The number of piperidine rings is 1. The zero-order chi connectivity index (χ0) is 16.5. The molecule has 0 atom stereocenters. The van der Waals surface area contributed by atoms with Gasteiger partial charge in [0, 0.05) is 38.3 Å². The van der Waals surface area contributed by atoms with Crippen LogP contribution in [0, 0.1) is 0 Å². The fourth-order valence-corrected chi connectivity index (χ4v) is 3.40. The lowest BCUT2D eigenvalue weighted by molar-refractivity contribution is 0.215. The fraction of sp³-hybridized carbons (Fsp3) is 0.944. The van der Waals surface area contributed by atoms with Gasteiger partial charge in [-0.2, -0.15) is 0 Å². The summed E-state index contributed by atoms with van der Waals surface area (Å²) in [6.07, 6.45) is 6.87. The highest BCUT2D eigenvalue weighted by molar-refractivity contribution is 14.0. The zero-order valence-electron chi connectivity index (χ0n) is 15.9. The fourth-order valence-electron chi connectivity index (χ4n) is 3.40. The molecule has 2 fully saturated rings. The van der Waals surface area contributed by atoms with E-state index in [1.807, 2.05) is 0 Å². The lowest BCUT2D eigenvalue weighted by Gasteiger charge is -2.27. The number of guanidine groups is 1. The Morgan fingerprint density at radius 3 is 2.46 bits per heavy atom. The van der Waals surface area contributed by atoms with Gasteiger partial charge in [-0.15, -0.1) is 24.0 Å². The van der Waals surface area contributed by atoms with Gasteiger partial charge < -0.3 is 15.5 Å². The summed E-state index contributed by atoms with van der Waals surface area (Å²) in [5, 5.41) is 6.88. The Morgan fingerprint density at radius 1 is 1.17 bits per heavy atom. The van der Waals surface area contributed by atoms with E-state index in [0.717, 1.165) is 44.7 Å².